The van der Waals surface area contributed by atoms with Crippen LogP contribution in [0.5, 0.6) is 0 Å². The number of nitro groups is 1. The highest BCUT2D eigenvalue weighted by Crippen LogP contribution is 2.24. The van der Waals surface area contributed by atoms with E-state index in [1.54, 1.807) is 24.4 Å². The summed E-state index contributed by atoms with van der Waals surface area (Å²) < 4.78 is 0. The molecule has 0 aromatic carbocycles. The summed E-state index contributed by atoms with van der Waals surface area (Å²) in [6, 6.07) is 6.68. The van der Waals surface area contributed by atoms with Crippen molar-refractivity contribution >= 4 is 11.5 Å². The van der Waals surface area contributed by atoms with Gasteiger partial charge in [0.25, 0.3) is 0 Å². The molecule has 0 unspecified atom stereocenters. The second-order valence-corrected chi connectivity index (χ2v) is 3.10. The van der Waals surface area contributed by atoms with Gasteiger partial charge in [0, 0.05) is 24.0 Å². The van der Waals surface area contributed by atoms with Gasteiger partial charge in [0.05, 0.1) is 10.6 Å². The van der Waals surface area contributed by atoms with Crippen molar-refractivity contribution in [2.75, 3.05) is 5.73 Å². The number of aromatic nitrogens is 2. The maximum atomic E-state index is 10.7. The molecule has 16 heavy (non-hydrogen) atoms. The zero-order chi connectivity index (χ0) is 11.5. The predicted molar refractivity (Wildman–Crippen MR) is 58.5 cm³/mol. The Bertz CT molecular complexity index is 528. The average Bonchev–Trinajstić information content (AvgIpc) is 2.30. The van der Waals surface area contributed by atoms with E-state index in [0.29, 0.717) is 11.3 Å². The molecule has 80 valence electrons. The molecule has 6 heteroatoms. The molecule has 2 N–H and O–H groups in total. The zero-order valence-electron chi connectivity index (χ0n) is 8.20. The number of pyridine rings is 2. The Balaban J connectivity index is 2.52. The Morgan fingerprint density at radius 2 is 2.12 bits per heavy atom. The van der Waals surface area contributed by atoms with Crippen molar-refractivity contribution in [1.82, 2.24) is 9.97 Å². The smallest absolute Gasteiger partial charge is 0.311 e. The first kappa shape index (κ1) is 10.0. The second kappa shape index (κ2) is 3.93. The van der Waals surface area contributed by atoms with E-state index in [2.05, 4.69) is 9.97 Å². The molecule has 0 saturated heterocycles. The third kappa shape index (κ3) is 1.81. The van der Waals surface area contributed by atoms with Gasteiger partial charge < -0.3 is 5.73 Å². The van der Waals surface area contributed by atoms with Gasteiger partial charge in [0.2, 0.25) is 5.82 Å². The number of nitrogens with zero attached hydrogens (tertiary/aromatic N) is 3. The van der Waals surface area contributed by atoms with Crippen LogP contribution in [-0.2, 0) is 0 Å². The van der Waals surface area contributed by atoms with Crippen molar-refractivity contribution in [2.24, 2.45) is 0 Å². The van der Waals surface area contributed by atoms with Gasteiger partial charge in [-0.25, -0.2) is 4.98 Å². The molecule has 2 aromatic rings. The van der Waals surface area contributed by atoms with Crippen molar-refractivity contribution in [3.63, 3.8) is 0 Å². The minimum absolute atomic E-state index is 0.0929. The number of rotatable bonds is 2. The molecule has 2 heterocycles. The molecule has 0 radical (unpaired) electrons. The van der Waals surface area contributed by atoms with E-state index in [1.165, 1.54) is 12.3 Å². The molecule has 0 bridgehead atoms. The maximum Gasteiger partial charge on any atom is 0.311 e. The van der Waals surface area contributed by atoms with E-state index >= 15 is 0 Å². The minimum Gasteiger partial charge on any atom is -0.378 e. The van der Waals surface area contributed by atoms with E-state index in [-0.39, 0.29) is 11.5 Å². The quantitative estimate of drug-likeness (QED) is 0.608. The highest BCUT2D eigenvalue weighted by atomic mass is 16.6. The van der Waals surface area contributed by atoms with Crippen LogP contribution in [0.2, 0.25) is 0 Å². The fourth-order valence-corrected chi connectivity index (χ4v) is 1.28. The van der Waals surface area contributed by atoms with Crippen molar-refractivity contribution in [3.05, 3.63) is 46.8 Å². The van der Waals surface area contributed by atoms with Crippen LogP contribution in [0.1, 0.15) is 0 Å². The largest absolute Gasteiger partial charge is 0.378 e. The van der Waals surface area contributed by atoms with Crippen LogP contribution in [0.25, 0.3) is 11.3 Å². The van der Waals surface area contributed by atoms with Crippen LogP contribution in [0.4, 0.5) is 11.5 Å². The van der Waals surface area contributed by atoms with E-state index in [1.807, 2.05) is 0 Å². The molecule has 2 rings (SSSR count). The van der Waals surface area contributed by atoms with Gasteiger partial charge in [0.1, 0.15) is 0 Å². The summed E-state index contributed by atoms with van der Waals surface area (Å²) in [7, 11) is 0. The van der Waals surface area contributed by atoms with E-state index in [0.717, 1.165) is 0 Å². The van der Waals surface area contributed by atoms with Crippen LogP contribution in [0.3, 0.4) is 0 Å². The van der Waals surface area contributed by atoms with Gasteiger partial charge in [-0.05, 0) is 12.1 Å². The highest BCUT2D eigenvalue weighted by molar-refractivity contribution is 5.66. The van der Waals surface area contributed by atoms with Crippen LogP contribution in [-0.4, -0.2) is 14.9 Å². The summed E-state index contributed by atoms with van der Waals surface area (Å²) in [5.41, 5.74) is 6.38. The van der Waals surface area contributed by atoms with Gasteiger partial charge in [0.15, 0.2) is 0 Å². The first-order chi connectivity index (χ1) is 7.68. The van der Waals surface area contributed by atoms with Crippen LogP contribution in [0, 0.1) is 10.1 Å². The maximum absolute atomic E-state index is 10.7. The van der Waals surface area contributed by atoms with Gasteiger partial charge >= 0.3 is 5.69 Å². The fraction of sp³-hybridized carbons (Fsp3) is 0. The Hall–Kier alpha value is -2.50. The Labute approximate surface area is 90.9 Å². The molecular formula is C10H8N4O2. The van der Waals surface area contributed by atoms with Gasteiger partial charge in [-0.2, -0.15) is 0 Å². The summed E-state index contributed by atoms with van der Waals surface area (Å²) in [4.78, 5) is 18.0. The molecule has 0 fully saturated rings. The molecule has 0 spiro atoms. The molecule has 0 aliphatic rings. The lowest BCUT2D eigenvalue weighted by molar-refractivity contribution is -0.384. The topological polar surface area (TPSA) is 94.9 Å². The summed E-state index contributed by atoms with van der Waals surface area (Å²) in [6.07, 6.45) is 3.07. The molecular weight excluding hydrogens is 208 g/mol. The molecule has 2 aromatic heterocycles. The third-order valence-corrected chi connectivity index (χ3v) is 2.05. The Kier molecular flexibility index (Phi) is 2.47. The van der Waals surface area contributed by atoms with Crippen LogP contribution in [0.15, 0.2) is 36.7 Å². The lowest BCUT2D eigenvalue weighted by Crippen LogP contribution is -1.98. The van der Waals surface area contributed by atoms with Crippen LogP contribution < -0.4 is 5.73 Å². The lowest BCUT2D eigenvalue weighted by atomic mass is 10.2. The number of anilines is 1. The van der Waals surface area contributed by atoms with Gasteiger partial charge in [-0.1, -0.05) is 6.07 Å². The highest BCUT2D eigenvalue weighted by Gasteiger charge is 2.14. The summed E-state index contributed by atoms with van der Waals surface area (Å²) in [5, 5.41) is 10.7. The number of hydrogen-bond donors (Lipinski definition) is 1. The molecule has 0 aliphatic heterocycles. The first-order valence-corrected chi connectivity index (χ1v) is 4.50. The number of nitrogen functional groups attached to an aromatic ring is 1. The Morgan fingerprint density at radius 1 is 1.31 bits per heavy atom. The van der Waals surface area contributed by atoms with Crippen molar-refractivity contribution in [2.45, 2.75) is 0 Å². The van der Waals surface area contributed by atoms with E-state index in [9.17, 15) is 10.1 Å². The summed E-state index contributed by atoms with van der Waals surface area (Å²) >= 11 is 0. The third-order valence-electron chi connectivity index (χ3n) is 2.05. The molecule has 0 aliphatic carbocycles. The second-order valence-electron chi connectivity index (χ2n) is 3.10. The summed E-state index contributed by atoms with van der Waals surface area (Å²) in [5.74, 6) is -0.0929. The fourth-order valence-electron chi connectivity index (χ4n) is 1.28. The van der Waals surface area contributed by atoms with Gasteiger partial charge in [-0.3, -0.25) is 15.1 Å². The molecule has 0 saturated carbocycles. The average molecular weight is 216 g/mol. The van der Waals surface area contributed by atoms with Gasteiger partial charge in [-0.15, -0.1) is 0 Å². The molecule has 0 atom stereocenters. The predicted octanol–water partition coefficient (Wildman–Crippen LogP) is 1.63. The standard InChI is InChI=1S/C10H8N4O2/c11-10-9(14(15)16)5-7(6-13-10)8-3-1-2-4-12-8/h1-6H,(H2,11,13). The van der Waals surface area contributed by atoms with Crippen molar-refractivity contribution < 1.29 is 4.92 Å². The number of hydrogen-bond acceptors (Lipinski definition) is 5. The lowest BCUT2D eigenvalue weighted by Gasteiger charge is -2.01. The molecule has 0 amide bonds. The minimum atomic E-state index is -0.561. The first-order valence-electron chi connectivity index (χ1n) is 4.50. The number of nitrogens with two attached hydrogens (primary N) is 1. The van der Waals surface area contributed by atoms with E-state index < -0.39 is 4.92 Å². The normalized spacial score (nSPS) is 10.0. The monoisotopic (exact) mass is 216 g/mol. The SMILES string of the molecule is Nc1ncc(-c2ccccn2)cc1[N+](=O)[O-]. The summed E-state index contributed by atoms with van der Waals surface area (Å²) in [6.45, 7) is 0. The van der Waals surface area contributed by atoms with Crippen molar-refractivity contribution in [3.8, 4) is 11.3 Å². The zero-order valence-corrected chi connectivity index (χ0v) is 8.20. The Morgan fingerprint density at radius 3 is 2.75 bits per heavy atom. The van der Waals surface area contributed by atoms with E-state index in [4.69, 9.17) is 5.73 Å². The van der Waals surface area contributed by atoms with Crippen LogP contribution >= 0.6 is 0 Å². The molecule has 6 nitrogen and oxygen atoms in total. The van der Waals surface area contributed by atoms with Crippen molar-refractivity contribution in [1.29, 1.82) is 0 Å².